The molecule has 5 nitrogen and oxygen atoms in total. The van der Waals surface area contributed by atoms with Crippen LogP contribution in [0.1, 0.15) is 104 Å². The van der Waals surface area contributed by atoms with E-state index in [2.05, 4.69) is 54.2 Å². The Labute approximate surface area is 226 Å². The lowest BCUT2D eigenvalue weighted by Gasteiger charge is -2.38. The summed E-state index contributed by atoms with van der Waals surface area (Å²) < 4.78 is 0. The fourth-order valence-electron chi connectivity index (χ4n) is 7.21. The minimum absolute atomic E-state index is 0.0946. The molecule has 198 valence electrons. The zero-order valence-electron chi connectivity index (χ0n) is 23.1. The molecule has 1 saturated carbocycles. The van der Waals surface area contributed by atoms with E-state index in [1.165, 1.54) is 62.7 Å². The number of carbonyl (C=O) groups is 1. The van der Waals surface area contributed by atoms with Crippen LogP contribution in [0.2, 0.25) is 0 Å². The molecule has 0 spiro atoms. The molecule has 0 amide bonds. The van der Waals surface area contributed by atoms with E-state index in [1.54, 1.807) is 6.07 Å². The molecular formula is C33H40N4O. The molecular weight excluding hydrogens is 468 g/mol. The first-order valence-electron chi connectivity index (χ1n) is 14.7. The number of anilines is 1. The van der Waals surface area contributed by atoms with Gasteiger partial charge < -0.3 is 15.2 Å². The van der Waals surface area contributed by atoms with E-state index >= 15 is 0 Å². The number of nitriles is 1. The molecule has 5 heteroatoms. The highest BCUT2D eigenvalue weighted by molar-refractivity contribution is 6.20. The first kappa shape index (κ1) is 25.2. The Bertz CT molecular complexity index is 1410. The van der Waals surface area contributed by atoms with Crippen molar-refractivity contribution in [1.29, 1.82) is 5.26 Å². The van der Waals surface area contributed by atoms with Gasteiger partial charge in [0.15, 0.2) is 5.78 Å². The van der Waals surface area contributed by atoms with Gasteiger partial charge in [-0.25, -0.2) is 0 Å². The lowest BCUT2D eigenvalue weighted by molar-refractivity contribution is 0.103. The molecule has 6 rings (SSSR count). The summed E-state index contributed by atoms with van der Waals surface area (Å²) in [7, 11) is 0. The molecule has 3 aliphatic rings. The van der Waals surface area contributed by atoms with Gasteiger partial charge >= 0.3 is 0 Å². The summed E-state index contributed by atoms with van der Waals surface area (Å²) in [4.78, 5) is 20.0. The van der Waals surface area contributed by atoms with E-state index in [0.717, 1.165) is 58.7 Å². The third kappa shape index (κ3) is 4.24. The summed E-state index contributed by atoms with van der Waals surface area (Å²) in [6, 6.07) is 12.9. The van der Waals surface area contributed by atoms with Gasteiger partial charge in [-0.3, -0.25) is 4.79 Å². The molecule has 0 atom stereocenters. The molecule has 2 heterocycles. The van der Waals surface area contributed by atoms with Crippen LogP contribution in [0.15, 0.2) is 30.3 Å². The average Bonchev–Trinajstić information content (AvgIpc) is 3.35. The number of hydrogen-bond acceptors (Lipinski definition) is 4. The van der Waals surface area contributed by atoms with E-state index in [-0.39, 0.29) is 11.2 Å². The zero-order chi connectivity index (χ0) is 26.4. The molecule has 2 fully saturated rings. The first-order valence-corrected chi connectivity index (χ1v) is 14.7. The fraction of sp³-hybridized carbons (Fsp3) is 0.515. The standard InChI is InChI=1S/C33H40N4O/c1-4-23-17-26-27(18-29(23)37-14-12-24(13-15-37)35-20-21-8-6-5-7-9-21)33(2,3)32-30(31(26)38)25-11-10-22(19-34)16-28(25)36-32/h10-11,16-18,21,24,35-36H,4-9,12-15,20H2,1-3H3. The van der Waals surface area contributed by atoms with Crippen LogP contribution in [-0.2, 0) is 11.8 Å². The Morgan fingerprint density at radius 2 is 1.84 bits per heavy atom. The molecule has 0 bridgehead atoms. The SMILES string of the molecule is CCc1cc2c(cc1N1CCC(NCC3CCCCC3)CC1)C(C)(C)c1[nH]c3cc(C#N)ccc3c1C2=O. The Morgan fingerprint density at radius 1 is 1.08 bits per heavy atom. The lowest BCUT2D eigenvalue weighted by atomic mass is 9.70. The maximum absolute atomic E-state index is 13.9. The molecule has 2 N–H and O–H groups in total. The summed E-state index contributed by atoms with van der Waals surface area (Å²) in [5.41, 5.74) is 7.34. The first-order chi connectivity index (χ1) is 18.4. The van der Waals surface area contributed by atoms with Crippen LogP contribution in [0, 0.1) is 17.2 Å². The number of aromatic amines is 1. The van der Waals surface area contributed by atoms with Gasteiger partial charge in [-0.1, -0.05) is 46.1 Å². The van der Waals surface area contributed by atoms with E-state index < -0.39 is 0 Å². The monoisotopic (exact) mass is 508 g/mol. The number of nitrogens with one attached hydrogen (secondary N) is 2. The minimum Gasteiger partial charge on any atom is -0.371 e. The second-order valence-electron chi connectivity index (χ2n) is 12.3. The van der Waals surface area contributed by atoms with Crippen molar-refractivity contribution in [3.05, 3.63) is 63.8 Å². The summed E-state index contributed by atoms with van der Waals surface area (Å²) in [6.45, 7) is 9.92. The number of carbonyl (C=O) groups excluding carboxylic acids is 1. The molecule has 1 aromatic heterocycles. The number of nitrogens with zero attached hydrogens (tertiary/aromatic N) is 2. The second kappa shape index (κ2) is 9.89. The highest BCUT2D eigenvalue weighted by Crippen LogP contribution is 2.46. The van der Waals surface area contributed by atoms with Gasteiger partial charge in [-0.05, 0) is 80.0 Å². The zero-order valence-corrected chi connectivity index (χ0v) is 23.1. The number of rotatable bonds is 5. The number of piperidine rings is 1. The lowest BCUT2D eigenvalue weighted by Crippen LogP contribution is -2.44. The number of ketones is 1. The van der Waals surface area contributed by atoms with E-state index in [4.69, 9.17) is 0 Å². The quantitative estimate of drug-likeness (QED) is 0.407. The largest absolute Gasteiger partial charge is 0.371 e. The number of benzene rings is 2. The Balaban J connectivity index is 1.27. The fourth-order valence-corrected chi connectivity index (χ4v) is 7.21. The molecule has 2 aliphatic carbocycles. The normalized spacial score (nSPS) is 19.8. The van der Waals surface area contributed by atoms with Crippen molar-refractivity contribution in [2.75, 3.05) is 24.5 Å². The number of aryl methyl sites for hydroxylation is 1. The number of H-pyrrole nitrogens is 1. The van der Waals surface area contributed by atoms with Gasteiger partial charge in [-0.15, -0.1) is 0 Å². The second-order valence-corrected chi connectivity index (χ2v) is 12.3. The smallest absolute Gasteiger partial charge is 0.195 e. The number of aromatic nitrogens is 1. The van der Waals surface area contributed by atoms with Gasteiger partial charge in [0.1, 0.15) is 0 Å². The topological polar surface area (TPSA) is 71.9 Å². The highest BCUT2D eigenvalue weighted by Gasteiger charge is 2.40. The Kier molecular flexibility index (Phi) is 6.56. The summed E-state index contributed by atoms with van der Waals surface area (Å²) >= 11 is 0. The molecule has 0 radical (unpaired) electrons. The molecule has 38 heavy (non-hydrogen) atoms. The van der Waals surface area contributed by atoms with Gasteiger partial charge in [-0.2, -0.15) is 5.26 Å². The number of hydrogen-bond donors (Lipinski definition) is 2. The molecule has 0 unspecified atom stereocenters. The van der Waals surface area contributed by atoms with Gasteiger partial charge in [0, 0.05) is 52.4 Å². The maximum atomic E-state index is 13.9. The van der Waals surface area contributed by atoms with Crippen LogP contribution in [-0.4, -0.2) is 36.4 Å². The van der Waals surface area contributed by atoms with Crippen LogP contribution < -0.4 is 10.2 Å². The molecule has 3 aromatic rings. The van der Waals surface area contributed by atoms with E-state index in [9.17, 15) is 10.1 Å². The highest BCUT2D eigenvalue weighted by atomic mass is 16.1. The summed E-state index contributed by atoms with van der Waals surface area (Å²) in [6.07, 6.45) is 10.3. The predicted octanol–water partition coefficient (Wildman–Crippen LogP) is 6.61. The van der Waals surface area contributed by atoms with Crippen molar-refractivity contribution in [3.8, 4) is 6.07 Å². The van der Waals surface area contributed by atoms with Crippen LogP contribution >= 0.6 is 0 Å². The van der Waals surface area contributed by atoms with Crippen molar-refractivity contribution in [2.24, 2.45) is 5.92 Å². The third-order valence-corrected chi connectivity index (χ3v) is 9.55. The summed E-state index contributed by atoms with van der Waals surface area (Å²) in [5, 5.41) is 14.2. The number of fused-ring (bicyclic) bond motifs is 4. The van der Waals surface area contributed by atoms with Crippen molar-refractivity contribution in [2.45, 2.75) is 83.6 Å². The van der Waals surface area contributed by atoms with Gasteiger partial charge in [0.25, 0.3) is 0 Å². The third-order valence-electron chi connectivity index (χ3n) is 9.55. The van der Waals surface area contributed by atoms with Crippen molar-refractivity contribution in [1.82, 2.24) is 10.3 Å². The average molecular weight is 509 g/mol. The van der Waals surface area contributed by atoms with Crippen LogP contribution in [0.25, 0.3) is 10.9 Å². The van der Waals surface area contributed by atoms with Gasteiger partial charge in [0.05, 0.1) is 17.2 Å². The molecule has 2 aromatic carbocycles. The van der Waals surface area contributed by atoms with Crippen molar-refractivity contribution in [3.63, 3.8) is 0 Å². The van der Waals surface area contributed by atoms with Crippen LogP contribution in [0.3, 0.4) is 0 Å². The van der Waals surface area contributed by atoms with Crippen LogP contribution in [0.5, 0.6) is 0 Å². The molecule has 1 saturated heterocycles. The van der Waals surface area contributed by atoms with Crippen LogP contribution in [0.4, 0.5) is 5.69 Å². The minimum atomic E-state index is -0.342. The Hall–Kier alpha value is -3.10. The van der Waals surface area contributed by atoms with E-state index in [0.29, 0.717) is 11.6 Å². The van der Waals surface area contributed by atoms with Crippen molar-refractivity contribution < 1.29 is 4.79 Å². The predicted molar refractivity (Wildman–Crippen MR) is 154 cm³/mol. The van der Waals surface area contributed by atoms with Gasteiger partial charge in [0.2, 0.25) is 0 Å². The van der Waals surface area contributed by atoms with Crippen molar-refractivity contribution >= 4 is 22.4 Å². The Morgan fingerprint density at radius 3 is 2.55 bits per heavy atom. The summed E-state index contributed by atoms with van der Waals surface area (Å²) in [5.74, 6) is 0.965. The van der Waals surface area contributed by atoms with E-state index in [1.807, 2.05) is 12.1 Å². The maximum Gasteiger partial charge on any atom is 0.195 e. The molecule has 1 aliphatic heterocycles.